The fraction of sp³-hybridized carbons (Fsp3) is 0.459. The Labute approximate surface area is 260 Å². The van der Waals surface area contributed by atoms with E-state index in [9.17, 15) is 9.59 Å². The topological polar surface area (TPSA) is 61.8 Å². The van der Waals surface area contributed by atoms with Crippen LogP contribution in [0, 0.1) is 5.92 Å². The molecule has 1 aliphatic carbocycles. The maximum absolute atomic E-state index is 12.6. The minimum atomic E-state index is -2.56. The third-order valence-corrected chi connectivity index (χ3v) is 13.3. The molecule has 0 saturated heterocycles. The van der Waals surface area contributed by atoms with Gasteiger partial charge in [-0.15, -0.1) is 0 Å². The molecule has 43 heavy (non-hydrogen) atoms. The molecule has 1 aliphatic rings. The number of carbonyl (C=O) groups excluding carboxylic acids is 2. The van der Waals surface area contributed by atoms with E-state index in [1.807, 2.05) is 0 Å². The van der Waals surface area contributed by atoms with E-state index >= 15 is 0 Å². The van der Waals surface area contributed by atoms with E-state index in [-0.39, 0.29) is 17.0 Å². The lowest BCUT2D eigenvalue weighted by Gasteiger charge is -2.43. The molecule has 2 aromatic carbocycles. The van der Waals surface area contributed by atoms with Gasteiger partial charge in [-0.2, -0.15) is 0 Å². The number of benzene rings is 2. The van der Waals surface area contributed by atoms with Gasteiger partial charge in [0, 0.05) is 17.8 Å². The quantitative estimate of drug-likeness (QED) is 0.0619. The second-order valence-corrected chi connectivity index (χ2v) is 16.7. The van der Waals surface area contributed by atoms with E-state index in [0.29, 0.717) is 30.9 Å². The minimum absolute atomic E-state index is 0.0634. The van der Waals surface area contributed by atoms with Gasteiger partial charge in [-0.05, 0) is 79.1 Å². The number of unbranched alkanes of at least 4 members (excludes halogenated alkanes) is 1. The fourth-order valence-corrected chi connectivity index (χ4v) is 10.4. The first-order valence-corrected chi connectivity index (χ1v) is 17.5. The molecular formula is C37H50O5Si. The molecule has 0 aromatic heterocycles. The molecule has 0 heterocycles. The Hall–Kier alpha value is -3.22. The predicted octanol–water partition coefficient (Wildman–Crippen LogP) is 7.46. The molecule has 0 aliphatic heterocycles. The van der Waals surface area contributed by atoms with Gasteiger partial charge in [0.1, 0.15) is 0 Å². The molecule has 6 heteroatoms. The second-order valence-electron chi connectivity index (χ2n) is 12.4. The molecule has 0 amide bonds. The van der Waals surface area contributed by atoms with Crippen LogP contribution in [0.2, 0.25) is 5.04 Å². The maximum Gasteiger partial charge on any atom is 0.333 e. The molecule has 0 unspecified atom stereocenters. The van der Waals surface area contributed by atoms with Crippen LogP contribution >= 0.6 is 0 Å². The van der Waals surface area contributed by atoms with Gasteiger partial charge >= 0.3 is 11.9 Å². The van der Waals surface area contributed by atoms with Gasteiger partial charge in [0.25, 0.3) is 8.32 Å². The summed E-state index contributed by atoms with van der Waals surface area (Å²) in [5.74, 6) is 0.0308. The lowest BCUT2D eigenvalue weighted by Crippen LogP contribution is -2.66. The van der Waals surface area contributed by atoms with Crippen LogP contribution in [0.5, 0.6) is 0 Å². The van der Waals surface area contributed by atoms with E-state index < -0.39 is 8.32 Å². The van der Waals surface area contributed by atoms with Crippen LogP contribution in [0.25, 0.3) is 0 Å². The van der Waals surface area contributed by atoms with E-state index in [0.717, 1.165) is 37.7 Å². The van der Waals surface area contributed by atoms with Gasteiger partial charge in [-0.1, -0.05) is 106 Å². The SMILES string of the molecule is C=C(CC/C=C(\CC/C=C(\CCCCO[Si](c1ccccc1)(c1ccccc1)C(C)(C)C)C(=O)OC)C1CC1)C(=O)OC. The summed E-state index contributed by atoms with van der Waals surface area (Å²) in [5, 5.41) is 2.49. The first-order chi connectivity index (χ1) is 20.6. The second kappa shape index (κ2) is 16.6. The third-order valence-electron chi connectivity index (χ3n) is 8.28. The van der Waals surface area contributed by atoms with E-state index in [4.69, 9.17) is 13.9 Å². The van der Waals surface area contributed by atoms with Crippen molar-refractivity contribution < 1.29 is 23.5 Å². The molecule has 1 saturated carbocycles. The molecule has 2 aromatic rings. The molecule has 0 N–H and O–H groups in total. The van der Waals surface area contributed by atoms with Crippen LogP contribution < -0.4 is 10.4 Å². The molecular weight excluding hydrogens is 552 g/mol. The lowest BCUT2D eigenvalue weighted by molar-refractivity contribution is -0.137. The Kier molecular flexibility index (Phi) is 13.2. The van der Waals surface area contributed by atoms with Crippen molar-refractivity contribution in [1.82, 2.24) is 0 Å². The zero-order valence-electron chi connectivity index (χ0n) is 26.8. The first kappa shape index (κ1) is 34.3. The Morgan fingerprint density at radius 2 is 1.37 bits per heavy atom. The highest BCUT2D eigenvalue weighted by atomic mass is 28.4. The van der Waals surface area contributed by atoms with Gasteiger partial charge in [-0.3, -0.25) is 0 Å². The van der Waals surface area contributed by atoms with Gasteiger partial charge in [0.05, 0.1) is 14.2 Å². The van der Waals surface area contributed by atoms with Crippen molar-refractivity contribution in [3.8, 4) is 0 Å². The summed E-state index contributed by atoms with van der Waals surface area (Å²) in [5.41, 5.74) is 2.65. The Bertz CT molecular complexity index is 1210. The van der Waals surface area contributed by atoms with Crippen molar-refractivity contribution in [2.75, 3.05) is 20.8 Å². The Balaban J connectivity index is 1.61. The highest BCUT2D eigenvalue weighted by molar-refractivity contribution is 6.99. The van der Waals surface area contributed by atoms with Crippen molar-refractivity contribution in [2.24, 2.45) is 5.92 Å². The van der Waals surface area contributed by atoms with Gasteiger partial charge in [0.15, 0.2) is 0 Å². The molecule has 5 nitrogen and oxygen atoms in total. The zero-order chi connectivity index (χ0) is 31.3. The number of allylic oxidation sites excluding steroid dienone is 3. The molecule has 232 valence electrons. The van der Waals surface area contributed by atoms with Crippen molar-refractivity contribution in [1.29, 1.82) is 0 Å². The largest absolute Gasteiger partial charge is 0.466 e. The number of ether oxygens (including phenoxy) is 2. The van der Waals surface area contributed by atoms with Crippen molar-refractivity contribution in [3.63, 3.8) is 0 Å². The highest BCUT2D eigenvalue weighted by Crippen LogP contribution is 2.39. The average Bonchev–Trinajstić information content (AvgIpc) is 3.86. The normalized spacial score (nSPS) is 14.3. The van der Waals surface area contributed by atoms with E-state index in [2.05, 4.69) is 100 Å². The van der Waals surface area contributed by atoms with E-state index in [1.165, 1.54) is 43.0 Å². The van der Waals surface area contributed by atoms with Crippen LogP contribution in [0.4, 0.5) is 0 Å². The molecule has 0 radical (unpaired) electrons. The Morgan fingerprint density at radius 1 is 0.814 bits per heavy atom. The summed E-state index contributed by atoms with van der Waals surface area (Å²) in [4.78, 5) is 24.2. The summed E-state index contributed by atoms with van der Waals surface area (Å²) in [6.45, 7) is 11.3. The summed E-state index contributed by atoms with van der Waals surface area (Å²) in [6.07, 6.45) is 12.2. The maximum atomic E-state index is 12.6. The van der Waals surface area contributed by atoms with Crippen LogP contribution in [0.3, 0.4) is 0 Å². The average molecular weight is 603 g/mol. The van der Waals surface area contributed by atoms with Gasteiger partial charge < -0.3 is 13.9 Å². The number of carbonyl (C=O) groups is 2. The van der Waals surface area contributed by atoms with Crippen molar-refractivity contribution in [3.05, 3.63) is 96.1 Å². The molecule has 3 rings (SSSR count). The summed E-state index contributed by atoms with van der Waals surface area (Å²) < 4.78 is 16.9. The number of methoxy groups -OCH3 is 2. The fourth-order valence-electron chi connectivity index (χ4n) is 5.84. The third kappa shape index (κ3) is 9.64. The standard InChI is InChI=1S/C37H50O5Si/c1-29(35(38)40-5)17-15-19-30(31-26-27-31)20-16-21-32(36(39)41-6)18-13-14-28-42-43(37(2,3)4,33-22-9-7-10-23-33)34-24-11-8-12-25-34/h7-12,19,21-25,31H,1,13-18,20,26-28H2,2-6H3/b30-19+,32-21+. The predicted molar refractivity (Wildman–Crippen MR) is 178 cm³/mol. The van der Waals surface area contributed by atoms with Crippen LogP contribution in [-0.2, 0) is 23.5 Å². The lowest BCUT2D eigenvalue weighted by atomic mass is 10.00. The molecule has 1 fully saturated rings. The van der Waals surface area contributed by atoms with Crippen LogP contribution in [0.15, 0.2) is 96.1 Å². The molecule has 0 atom stereocenters. The summed E-state index contributed by atoms with van der Waals surface area (Å²) >= 11 is 0. The molecule has 0 bridgehead atoms. The number of esters is 2. The van der Waals surface area contributed by atoms with Crippen molar-refractivity contribution in [2.45, 2.75) is 83.6 Å². The van der Waals surface area contributed by atoms with E-state index in [1.54, 1.807) is 0 Å². The monoisotopic (exact) mass is 602 g/mol. The van der Waals surface area contributed by atoms with Gasteiger partial charge in [0.2, 0.25) is 0 Å². The van der Waals surface area contributed by atoms with Gasteiger partial charge in [-0.25, -0.2) is 9.59 Å². The highest BCUT2D eigenvalue weighted by Gasteiger charge is 2.49. The zero-order valence-corrected chi connectivity index (χ0v) is 27.8. The van der Waals surface area contributed by atoms with Crippen LogP contribution in [0.1, 0.15) is 78.6 Å². The minimum Gasteiger partial charge on any atom is -0.466 e. The Morgan fingerprint density at radius 3 is 1.88 bits per heavy atom. The molecule has 0 spiro atoms. The van der Waals surface area contributed by atoms with Crippen molar-refractivity contribution >= 4 is 30.6 Å². The summed E-state index contributed by atoms with van der Waals surface area (Å²) in [7, 11) is 0.269. The summed E-state index contributed by atoms with van der Waals surface area (Å²) in [6, 6.07) is 21.4. The smallest absolute Gasteiger partial charge is 0.333 e. The number of rotatable bonds is 17. The number of hydrogen-bond donors (Lipinski definition) is 0. The number of hydrogen-bond acceptors (Lipinski definition) is 5. The van der Waals surface area contributed by atoms with Crippen LogP contribution in [-0.4, -0.2) is 41.1 Å². The first-order valence-electron chi connectivity index (χ1n) is 15.6.